The van der Waals surface area contributed by atoms with Crippen LogP contribution in [-0.4, -0.2) is 119 Å². The first-order chi connectivity index (χ1) is 33.3. The number of piperidine rings is 3. The zero-order chi connectivity index (χ0) is 47.7. The molecule has 4 amide bonds. The molecule has 11 rings (SSSR count). The lowest BCUT2D eigenvalue weighted by atomic mass is 9.57. The van der Waals surface area contributed by atoms with Crippen molar-refractivity contribution < 1.29 is 23.9 Å². The first-order valence-electron chi connectivity index (χ1n) is 24.9. The molecule has 4 saturated heterocycles. The molecule has 1 unspecified atom stereocenters. The number of halogens is 1. The Balaban J connectivity index is 0.598. The maximum absolute atomic E-state index is 13.4. The van der Waals surface area contributed by atoms with Crippen LogP contribution in [0.4, 0.5) is 17.3 Å². The zero-order valence-corrected chi connectivity index (χ0v) is 40.3. The van der Waals surface area contributed by atoms with Gasteiger partial charge in [-0.25, -0.2) is 14.8 Å². The lowest BCUT2D eigenvalue weighted by molar-refractivity contribution is -0.136. The molecule has 6 fully saturated rings. The van der Waals surface area contributed by atoms with Crippen LogP contribution in [0.1, 0.15) is 116 Å². The second-order valence-corrected chi connectivity index (χ2v) is 21.9. The Morgan fingerprint density at radius 2 is 1.41 bits per heavy atom. The second-order valence-electron chi connectivity index (χ2n) is 21.4. The summed E-state index contributed by atoms with van der Waals surface area (Å²) < 4.78 is 6.18. The summed E-state index contributed by atoms with van der Waals surface area (Å²) in [5.41, 5.74) is 5.67. The Kier molecular flexibility index (Phi) is 11.8. The van der Waals surface area contributed by atoms with Gasteiger partial charge in [0.1, 0.15) is 18.4 Å². The fourth-order valence-corrected chi connectivity index (χ4v) is 12.9. The van der Waals surface area contributed by atoms with E-state index in [9.17, 15) is 19.2 Å². The van der Waals surface area contributed by atoms with E-state index in [1.165, 1.54) is 51.6 Å². The van der Waals surface area contributed by atoms with E-state index in [1.807, 2.05) is 48.7 Å². The Labute approximate surface area is 409 Å². The summed E-state index contributed by atoms with van der Waals surface area (Å²) in [6.07, 6.45) is 12.1. The van der Waals surface area contributed by atoms with Crippen LogP contribution in [-0.2, 0) is 21.6 Å². The highest BCUT2D eigenvalue weighted by molar-refractivity contribution is 6.31. The van der Waals surface area contributed by atoms with Gasteiger partial charge in [0.05, 0.1) is 23.4 Å². The van der Waals surface area contributed by atoms with Gasteiger partial charge in [-0.2, -0.15) is 0 Å². The van der Waals surface area contributed by atoms with Crippen molar-refractivity contribution in [2.45, 2.75) is 108 Å². The van der Waals surface area contributed by atoms with E-state index in [4.69, 9.17) is 27.9 Å². The molecule has 358 valence electrons. The van der Waals surface area contributed by atoms with Crippen LogP contribution >= 0.6 is 11.6 Å². The molecular formula is C54H60ClN9O5. The molecule has 1 aromatic heterocycles. The zero-order valence-electron chi connectivity index (χ0n) is 39.6. The lowest BCUT2D eigenvalue weighted by Crippen LogP contribution is -2.61. The molecular weight excluding hydrogens is 890 g/mol. The summed E-state index contributed by atoms with van der Waals surface area (Å²) in [4.78, 5) is 75.2. The molecule has 69 heavy (non-hydrogen) atoms. The molecule has 7 aliphatic rings. The minimum atomic E-state index is -0.952. The smallest absolute Gasteiger partial charge is 0.262 e. The molecule has 1 N–H and O–H groups in total. The third kappa shape index (κ3) is 8.65. The largest absolute Gasteiger partial charge is 0.487 e. The number of nitrogens with one attached hydrogen (secondary N) is 1. The number of aromatic nitrogens is 2. The normalized spacial score (nSPS) is 23.9. The molecule has 14 nitrogen and oxygen atoms in total. The third-order valence-corrected chi connectivity index (χ3v) is 17.4. The number of rotatable bonds is 10. The number of hydrogen-bond acceptors (Lipinski definition) is 11. The minimum absolute atomic E-state index is 0.109. The van der Waals surface area contributed by atoms with E-state index in [1.54, 1.807) is 12.1 Å². The molecule has 4 aromatic rings. The molecule has 0 radical (unpaired) electrons. The first kappa shape index (κ1) is 45.6. The maximum atomic E-state index is 13.4. The van der Waals surface area contributed by atoms with E-state index < -0.39 is 23.8 Å². The maximum Gasteiger partial charge on any atom is 0.262 e. The fourth-order valence-electron chi connectivity index (χ4n) is 12.7. The topological polar surface area (TPSA) is 136 Å². The number of hydrogen-bond donors (Lipinski definition) is 1. The van der Waals surface area contributed by atoms with Gasteiger partial charge in [0.25, 0.3) is 11.8 Å². The van der Waals surface area contributed by atoms with Gasteiger partial charge in [0, 0.05) is 80.1 Å². The van der Waals surface area contributed by atoms with E-state index in [-0.39, 0.29) is 24.2 Å². The van der Waals surface area contributed by atoms with Gasteiger partial charge in [0.2, 0.25) is 17.8 Å². The van der Waals surface area contributed by atoms with Crippen LogP contribution in [0.25, 0.3) is 4.85 Å². The molecule has 2 saturated carbocycles. The quantitative estimate of drug-likeness (QED) is 0.123. The van der Waals surface area contributed by atoms with E-state index in [0.717, 1.165) is 91.2 Å². The number of nitrogens with zero attached hydrogens (tertiary/aromatic N) is 8. The van der Waals surface area contributed by atoms with E-state index in [2.05, 4.69) is 60.7 Å². The van der Waals surface area contributed by atoms with Gasteiger partial charge in [0.15, 0.2) is 5.69 Å². The molecule has 2 spiro atoms. The number of carbonyl (C=O) groups excluding carboxylic acids is 4. The van der Waals surface area contributed by atoms with Crippen molar-refractivity contribution >= 4 is 52.6 Å². The Bertz CT molecular complexity index is 2720. The summed E-state index contributed by atoms with van der Waals surface area (Å²) >= 11 is 6.33. The van der Waals surface area contributed by atoms with Crippen molar-refractivity contribution in [3.8, 4) is 5.75 Å². The fraction of sp³-hybridized carbons (Fsp3) is 0.500. The summed E-state index contributed by atoms with van der Waals surface area (Å²) in [5, 5.41) is 2.84. The predicted molar refractivity (Wildman–Crippen MR) is 263 cm³/mol. The number of anilines is 2. The first-order valence-corrected chi connectivity index (χ1v) is 25.2. The number of likely N-dealkylation sites (tertiary alicyclic amines) is 1. The highest BCUT2D eigenvalue weighted by atomic mass is 35.5. The lowest BCUT2D eigenvalue weighted by Gasteiger charge is -2.60. The van der Waals surface area contributed by atoms with Crippen molar-refractivity contribution in [3.05, 3.63) is 117 Å². The van der Waals surface area contributed by atoms with Gasteiger partial charge in [-0.15, -0.1) is 0 Å². The molecule has 0 bridgehead atoms. The average Bonchev–Trinajstić information content (AvgIpc) is 3.59. The van der Waals surface area contributed by atoms with Crippen molar-refractivity contribution in [1.29, 1.82) is 0 Å². The number of fused-ring (bicyclic) bond motifs is 1. The second kappa shape index (κ2) is 17.8. The van der Waals surface area contributed by atoms with Gasteiger partial charge in [-0.3, -0.25) is 34.3 Å². The van der Waals surface area contributed by atoms with Crippen LogP contribution in [0.3, 0.4) is 0 Å². The summed E-state index contributed by atoms with van der Waals surface area (Å²) in [6.45, 7) is 20.2. The third-order valence-electron chi connectivity index (χ3n) is 17.2. The Morgan fingerprint density at radius 3 is 2.07 bits per heavy atom. The van der Waals surface area contributed by atoms with E-state index >= 15 is 0 Å². The molecule has 5 aliphatic heterocycles. The van der Waals surface area contributed by atoms with Crippen molar-refractivity contribution in [1.82, 2.24) is 30.0 Å². The Morgan fingerprint density at radius 1 is 0.754 bits per heavy atom. The Hall–Kier alpha value is -5.88. The number of amides is 4. The van der Waals surface area contributed by atoms with Crippen molar-refractivity contribution in [2.75, 3.05) is 62.2 Å². The van der Waals surface area contributed by atoms with Crippen LogP contribution in [0.2, 0.25) is 5.02 Å². The number of ether oxygens (including phenoxy) is 1. The number of carbonyl (C=O) groups is 4. The highest BCUT2D eigenvalue weighted by Crippen LogP contribution is 2.55. The van der Waals surface area contributed by atoms with Crippen LogP contribution in [0, 0.1) is 17.4 Å². The van der Waals surface area contributed by atoms with Crippen LogP contribution in [0.5, 0.6) is 5.75 Å². The molecule has 6 heterocycles. The number of imide groups is 2. The molecule has 15 heteroatoms. The number of piperazine rings is 1. The van der Waals surface area contributed by atoms with Gasteiger partial charge < -0.3 is 19.4 Å². The minimum Gasteiger partial charge on any atom is -0.487 e. The number of benzene rings is 3. The van der Waals surface area contributed by atoms with Crippen LogP contribution in [0.15, 0.2) is 72.9 Å². The molecule has 1 atom stereocenters. The molecule has 3 aromatic carbocycles. The summed E-state index contributed by atoms with van der Waals surface area (Å²) in [6, 6.07) is 21.5. The SMILES string of the molecule is [C-]#[N+]c1cc(Cl)cc(C(C)(C)c2ccc(OCc3ccnc(N4CCN(C5CC6(CCN(C7CC8(CCN(c9ccc%10c(c9)C(=O)N(C9CCC(=O)NC9=O)C%10=O)CC8)C7)CC6)C5)CC4)n3)cc2)c1. The van der Waals surface area contributed by atoms with Gasteiger partial charge >= 0.3 is 0 Å². The van der Waals surface area contributed by atoms with Gasteiger partial charge in [-0.1, -0.05) is 43.6 Å². The van der Waals surface area contributed by atoms with Crippen LogP contribution < -0.4 is 19.9 Å². The molecule has 2 aliphatic carbocycles. The standard InChI is InChI=1S/C54H60ClN9O5/c1-52(2,36-26-37(55)28-39(27-36)56-3)35-4-7-43(8-5-35)69-34-38-12-17-57-51(58-38)63-24-22-62(23-25-63)42-32-54(33-42)15-20-61(21-16-54)41-30-53(31-41)13-18-60(19-14-53)40-6-9-44-45(29-40)50(68)64(49(44)67)46-10-11-47(65)59-48(46)66/h4-9,12,17,26-29,41-42,46H,10-11,13-16,18-25,30-34H2,1-2H3,(H,59,65,66). The monoisotopic (exact) mass is 949 g/mol. The van der Waals surface area contributed by atoms with Gasteiger partial charge in [-0.05, 0) is 141 Å². The van der Waals surface area contributed by atoms with Crippen molar-refractivity contribution in [2.24, 2.45) is 10.8 Å². The summed E-state index contributed by atoms with van der Waals surface area (Å²) in [5.74, 6) is -0.334. The van der Waals surface area contributed by atoms with E-state index in [0.29, 0.717) is 51.4 Å². The highest BCUT2D eigenvalue weighted by Gasteiger charge is 2.53. The average molecular weight is 951 g/mol. The van der Waals surface area contributed by atoms with Crippen molar-refractivity contribution in [3.63, 3.8) is 0 Å². The summed E-state index contributed by atoms with van der Waals surface area (Å²) in [7, 11) is 0. The predicted octanol–water partition coefficient (Wildman–Crippen LogP) is 7.80.